The third-order valence-electron chi connectivity index (χ3n) is 4.27. The maximum absolute atomic E-state index is 12.8. The number of methoxy groups -OCH3 is 3. The zero-order valence-electron chi connectivity index (χ0n) is 15.3. The highest BCUT2D eigenvalue weighted by Crippen LogP contribution is 2.38. The van der Waals surface area contributed by atoms with E-state index in [-0.39, 0.29) is 6.54 Å². The molecule has 2 heterocycles. The number of ether oxygens (including phenoxy) is 3. The highest BCUT2D eigenvalue weighted by atomic mass is 16.5. The molecule has 0 saturated heterocycles. The summed E-state index contributed by atoms with van der Waals surface area (Å²) in [6.45, 7) is 0.0589. The molecule has 3 rings (SSSR count). The number of hydrogen-bond donors (Lipinski definition) is 0. The molecule has 9 heteroatoms. The Hall–Kier alpha value is -3.23. The maximum atomic E-state index is 12.8. The predicted molar refractivity (Wildman–Crippen MR) is 95.4 cm³/mol. The summed E-state index contributed by atoms with van der Waals surface area (Å²) < 4.78 is 20.1. The first-order chi connectivity index (χ1) is 12.4. The van der Waals surface area contributed by atoms with Crippen LogP contribution < -0.4 is 25.5 Å². The molecule has 0 aliphatic carbocycles. The summed E-state index contributed by atoms with van der Waals surface area (Å²) in [5, 5.41) is 0. The molecule has 0 amide bonds. The van der Waals surface area contributed by atoms with E-state index in [1.807, 2.05) is 0 Å². The molecule has 9 nitrogen and oxygen atoms in total. The first kappa shape index (κ1) is 17.6. The van der Waals surface area contributed by atoms with Crippen LogP contribution in [0.3, 0.4) is 0 Å². The molecule has 0 bridgehead atoms. The molecule has 138 valence electrons. The second kappa shape index (κ2) is 6.58. The summed E-state index contributed by atoms with van der Waals surface area (Å²) in [4.78, 5) is 29.6. The van der Waals surface area contributed by atoms with Gasteiger partial charge in [-0.05, 0) is 17.7 Å². The lowest BCUT2D eigenvalue weighted by molar-refractivity contribution is 0.323. The average Bonchev–Trinajstić information content (AvgIpc) is 3.04. The number of aryl methyl sites for hydroxylation is 2. The van der Waals surface area contributed by atoms with Crippen LogP contribution in [0.4, 0.5) is 0 Å². The van der Waals surface area contributed by atoms with Gasteiger partial charge < -0.3 is 18.8 Å². The lowest BCUT2D eigenvalue weighted by Gasteiger charge is -2.15. The van der Waals surface area contributed by atoms with E-state index in [1.54, 1.807) is 30.8 Å². The Kier molecular flexibility index (Phi) is 4.45. The number of hydrogen-bond acceptors (Lipinski definition) is 6. The minimum absolute atomic E-state index is 0.0589. The molecule has 0 N–H and O–H groups in total. The number of nitrogens with zero attached hydrogens (tertiary/aromatic N) is 4. The van der Waals surface area contributed by atoms with Crippen LogP contribution in [0.15, 0.2) is 28.0 Å². The van der Waals surface area contributed by atoms with Crippen molar-refractivity contribution in [2.45, 2.75) is 6.54 Å². The summed E-state index contributed by atoms with van der Waals surface area (Å²) in [7, 11) is 7.83. The van der Waals surface area contributed by atoms with Crippen LogP contribution in [0.5, 0.6) is 17.2 Å². The lowest BCUT2D eigenvalue weighted by atomic mass is 10.1. The molecule has 0 fully saturated rings. The Morgan fingerprint density at radius 1 is 1.00 bits per heavy atom. The van der Waals surface area contributed by atoms with Crippen molar-refractivity contribution in [1.29, 1.82) is 0 Å². The van der Waals surface area contributed by atoms with Crippen LogP contribution in [-0.4, -0.2) is 40.0 Å². The molecule has 0 atom stereocenters. The summed E-state index contributed by atoms with van der Waals surface area (Å²) in [6, 6.07) is 3.42. The first-order valence-electron chi connectivity index (χ1n) is 7.82. The molecule has 0 unspecified atom stereocenters. The van der Waals surface area contributed by atoms with Crippen LogP contribution in [-0.2, 0) is 20.6 Å². The highest BCUT2D eigenvalue weighted by molar-refractivity contribution is 5.69. The number of benzene rings is 1. The van der Waals surface area contributed by atoms with Crippen molar-refractivity contribution in [2.75, 3.05) is 21.3 Å². The summed E-state index contributed by atoms with van der Waals surface area (Å²) in [5.41, 5.74) is 0.523. The van der Waals surface area contributed by atoms with Crippen LogP contribution in [0, 0.1) is 0 Å². The topological polar surface area (TPSA) is 89.5 Å². The quantitative estimate of drug-likeness (QED) is 0.659. The average molecular weight is 360 g/mol. The van der Waals surface area contributed by atoms with Crippen LogP contribution in [0.1, 0.15) is 5.56 Å². The van der Waals surface area contributed by atoms with E-state index in [9.17, 15) is 9.59 Å². The van der Waals surface area contributed by atoms with Crippen molar-refractivity contribution < 1.29 is 14.2 Å². The Balaban J connectivity index is 2.20. The summed E-state index contributed by atoms with van der Waals surface area (Å²) in [6.07, 6.45) is 1.51. The summed E-state index contributed by atoms with van der Waals surface area (Å²) in [5.74, 6) is 1.35. The normalized spacial score (nSPS) is 11.0. The van der Waals surface area contributed by atoms with E-state index in [0.29, 0.717) is 34.0 Å². The van der Waals surface area contributed by atoms with Crippen molar-refractivity contribution in [2.24, 2.45) is 14.1 Å². The first-order valence-corrected chi connectivity index (χ1v) is 7.82. The van der Waals surface area contributed by atoms with Gasteiger partial charge in [0.15, 0.2) is 22.7 Å². The van der Waals surface area contributed by atoms with Gasteiger partial charge >= 0.3 is 5.69 Å². The molecule has 1 aromatic carbocycles. The predicted octanol–water partition coefficient (Wildman–Crippen LogP) is 0.508. The van der Waals surface area contributed by atoms with Crippen LogP contribution >= 0.6 is 0 Å². The van der Waals surface area contributed by atoms with Crippen molar-refractivity contribution in [3.05, 3.63) is 44.9 Å². The Labute approximate surface area is 149 Å². The van der Waals surface area contributed by atoms with Gasteiger partial charge in [0, 0.05) is 14.1 Å². The van der Waals surface area contributed by atoms with Crippen molar-refractivity contribution in [3.8, 4) is 17.2 Å². The molecule has 0 aliphatic rings. The van der Waals surface area contributed by atoms with E-state index < -0.39 is 11.2 Å². The molecular weight excluding hydrogens is 340 g/mol. The number of aromatic nitrogens is 4. The molecule has 0 radical (unpaired) electrons. The third-order valence-corrected chi connectivity index (χ3v) is 4.27. The van der Waals surface area contributed by atoms with Gasteiger partial charge in [-0.2, -0.15) is 0 Å². The zero-order chi connectivity index (χ0) is 19.0. The minimum Gasteiger partial charge on any atom is -0.493 e. The van der Waals surface area contributed by atoms with Gasteiger partial charge in [0.05, 0.1) is 34.2 Å². The monoisotopic (exact) mass is 360 g/mol. The molecule has 0 spiro atoms. The molecular formula is C17H20N4O5. The Bertz CT molecular complexity index is 1070. The molecule has 0 saturated carbocycles. The summed E-state index contributed by atoms with van der Waals surface area (Å²) >= 11 is 0. The van der Waals surface area contributed by atoms with Gasteiger partial charge in [-0.1, -0.05) is 0 Å². The fourth-order valence-corrected chi connectivity index (χ4v) is 2.94. The number of imidazole rings is 1. The Morgan fingerprint density at radius 3 is 2.15 bits per heavy atom. The van der Waals surface area contributed by atoms with E-state index in [1.165, 1.54) is 32.2 Å². The largest absolute Gasteiger partial charge is 0.493 e. The third kappa shape index (κ3) is 2.61. The maximum Gasteiger partial charge on any atom is 0.332 e. The number of fused-ring (bicyclic) bond motifs is 1. The van der Waals surface area contributed by atoms with Crippen molar-refractivity contribution in [1.82, 2.24) is 18.7 Å². The molecule has 26 heavy (non-hydrogen) atoms. The molecule has 0 aliphatic heterocycles. The minimum atomic E-state index is -0.449. The fraction of sp³-hybridized carbons (Fsp3) is 0.353. The second-order valence-electron chi connectivity index (χ2n) is 5.79. The van der Waals surface area contributed by atoms with E-state index >= 15 is 0 Å². The molecule has 2 aromatic heterocycles. The van der Waals surface area contributed by atoms with E-state index in [4.69, 9.17) is 14.2 Å². The van der Waals surface area contributed by atoms with Gasteiger partial charge in [0.1, 0.15) is 0 Å². The fourth-order valence-electron chi connectivity index (χ4n) is 2.94. The van der Waals surface area contributed by atoms with Crippen LogP contribution in [0.25, 0.3) is 11.2 Å². The molecule has 3 aromatic rings. The lowest BCUT2D eigenvalue weighted by Crippen LogP contribution is -2.39. The van der Waals surface area contributed by atoms with Crippen molar-refractivity contribution in [3.63, 3.8) is 0 Å². The van der Waals surface area contributed by atoms with Crippen LogP contribution in [0.2, 0.25) is 0 Å². The van der Waals surface area contributed by atoms with Gasteiger partial charge in [-0.25, -0.2) is 9.78 Å². The highest BCUT2D eigenvalue weighted by Gasteiger charge is 2.18. The Morgan fingerprint density at radius 2 is 1.62 bits per heavy atom. The van der Waals surface area contributed by atoms with Crippen molar-refractivity contribution >= 4 is 11.2 Å². The zero-order valence-corrected chi connectivity index (χ0v) is 15.3. The van der Waals surface area contributed by atoms with Gasteiger partial charge in [-0.15, -0.1) is 0 Å². The smallest absolute Gasteiger partial charge is 0.332 e. The standard InChI is InChI=1S/C17H20N4O5/c1-19-9-18-15-13(19)16(22)21(17(23)20(15)2)8-10-6-11(24-3)14(26-5)12(7-10)25-4/h6-7,9H,8H2,1-5H3. The van der Waals surface area contributed by atoms with Gasteiger partial charge in [0.25, 0.3) is 5.56 Å². The second-order valence-corrected chi connectivity index (χ2v) is 5.79. The van der Waals surface area contributed by atoms with E-state index in [0.717, 1.165) is 4.57 Å². The van der Waals surface area contributed by atoms with Gasteiger partial charge in [-0.3, -0.25) is 13.9 Å². The van der Waals surface area contributed by atoms with E-state index in [2.05, 4.69) is 4.98 Å². The SMILES string of the molecule is COc1cc(Cn2c(=O)c3c(ncn3C)n(C)c2=O)cc(OC)c1OC. The number of rotatable bonds is 5. The van der Waals surface area contributed by atoms with Gasteiger partial charge in [0.2, 0.25) is 5.75 Å².